The number of ether oxygens (including phenoxy) is 1. The molecule has 1 N–H and O–H groups in total. The minimum atomic E-state index is -3.56. The monoisotopic (exact) mass is 531 g/mol. The summed E-state index contributed by atoms with van der Waals surface area (Å²) in [5.74, 6) is 0.228. The predicted octanol–water partition coefficient (Wildman–Crippen LogP) is 4.27. The highest BCUT2D eigenvalue weighted by molar-refractivity contribution is 7.92. The molecule has 0 heterocycles. The van der Waals surface area contributed by atoms with Crippen molar-refractivity contribution in [1.29, 1.82) is 0 Å². The largest absolute Gasteiger partial charge is 0.497 e. The van der Waals surface area contributed by atoms with E-state index >= 15 is 0 Å². The molecule has 1 atom stereocenters. The molecule has 9 heteroatoms. The van der Waals surface area contributed by atoms with Gasteiger partial charge in [0, 0.05) is 25.0 Å². The minimum Gasteiger partial charge on any atom is -0.497 e. The van der Waals surface area contributed by atoms with Crippen molar-refractivity contribution in [3.63, 3.8) is 0 Å². The maximum Gasteiger partial charge on any atom is 0.243 e. The third-order valence-electron chi connectivity index (χ3n) is 5.83. The smallest absolute Gasteiger partial charge is 0.243 e. The normalized spacial score (nSPS) is 12.5. The fourth-order valence-electron chi connectivity index (χ4n) is 4.13. The minimum absolute atomic E-state index is 0.104. The molecule has 0 aliphatic heterocycles. The van der Waals surface area contributed by atoms with Crippen LogP contribution in [0, 0.1) is 6.92 Å². The number of carbonyl (C=O) groups excluding carboxylic acids is 2. The van der Waals surface area contributed by atoms with Crippen molar-refractivity contribution in [3.8, 4) is 5.75 Å². The molecule has 2 aromatic rings. The van der Waals surface area contributed by atoms with Gasteiger partial charge in [0.05, 0.1) is 19.1 Å². The molecule has 0 saturated carbocycles. The van der Waals surface area contributed by atoms with Crippen LogP contribution in [0.1, 0.15) is 58.1 Å². The Kier molecular flexibility index (Phi) is 10.5. The van der Waals surface area contributed by atoms with Crippen LogP contribution in [-0.4, -0.2) is 56.6 Å². The Morgan fingerprint density at radius 3 is 2.24 bits per heavy atom. The first-order valence-corrected chi connectivity index (χ1v) is 14.4. The number of anilines is 1. The number of nitrogens with zero attached hydrogens (tertiary/aromatic N) is 2. The molecule has 2 rings (SSSR count). The summed E-state index contributed by atoms with van der Waals surface area (Å²) in [4.78, 5) is 28.3. The number of nitrogens with one attached hydrogen (secondary N) is 1. The summed E-state index contributed by atoms with van der Waals surface area (Å²) in [6, 6.07) is 14.0. The Morgan fingerprint density at radius 1 is 1.08 bits per heavy atom. The van der Waals surface area contributed by atoms with E-state index in [-0.39, 0.29) is 24.8 Å². The Hall–Kier alpha value is -3.07. The molecule has 0 aliphatic carbocycles. The molecule has 0 aromatic heterocycles. The van der Waals surface area contributed by atoms with Crippen LogP contribution in [0.3, 0.4) is 0 Å². The molecule has 0 radical (unpaired) electrons. The highest BCUT2D eigenvalue weighted by atomic mass is 32.2. The van der Waals surface area contributed by atoms with Gasteiger partial charge in [-0.05, 0) is 70.4 Å². The lowest BCUT2D eigenvalue weighted by molar-refractivity contribution is -0.142. The van der Waals surface area contributed by atoms with Gasteiger partial charge in [0.1, 0.15) is 11.8 Å². The van der Waals surface area contributed by atoms with E-state index in [1.807, 2.05) is 58.9 Å². The lowest BCUT2D eigenvalue weighted by Crippen LogP contribution is -2.53. The van der Waals surface area contributed by atoms with Crippen LogP contribution in [0.4, 0.5) is 5.69 Å². The van der Waals surface area contributed by atoms with Crippen LogP contribution in [0.25, 0.3) is 0 Å². The van der Waals surface area contributed by atoms with Gasteiger partial charge in [-0.15, -0.1) is 0 Å². The number of carbonyl (C=O) groups is 2. The first kappa shape index (κ1) is 30.2. The number of benzene rings is 2. The Balaban J connectivity index is 2.23. The van der Waals surface area contributed by atoms with E-state index in [1.165, 1.54) is 4.31 Å². The molecule has 8 nitrogen and oxygen atoms in total. The molecule has 0 fully saturated rings. The number of aryl methyl sites for hydroxylation is 1. The second-order valence-electron chi connectivity index (χ2n) is 10.3. The van der Waals surface area contributed by atoms with Crippen LogP contribution >= 0.6 is 0 Å². The third-order valence-corrected chi connectivity index (χ3v) is 7.03. The first-order chi connectivity index (χ1) is 17.2. The van der Waals surface area contributed by atoms with Gasteiger partial charge >= 0.3 is 0 Å². The molecule has 0 unspecified atom stereocenters. The molecular formula is C28H41N3O5S. The van der Waals surface area contributed by atoms with E-state index in [9.17, 15) is 18.0 Å². The van der Waals surface area contributed by atoms with Crippen molar-refractivity contribution in [1.82, 2.24) is 10.2 Å². The van der Waals surface area contributed by atoms with Gasteiger partial charge in [-0.2, -0.15) is 0 Å². The van der Waals surface area contributed by atoms with Gasteiger partial charge in [0.15, 0.2) is 0 Å². The molecule has 0 aliphatic rings. The second-order valence-corrected chi connectivity index (χ2v) is 12.2. The van der Waals surface area contributed by atoms with E-state index in [4.69, 9.17) is 4.74 Å². The topological polar surface area (TPSA) is 96.0 Å². The molecule has 2 aromatic carbocycles. The number of rotatable bonds is 12. The summed E-state index contributed by atoms with van der Waals surface area (Å²) >= 11 is 0. The highest BCUT2D eigenvalue weighted by Crippen LogP contribution is 2.23. The van der Waals surface area contributed by atoms with Gasteiger partial charge in [0.25, 0.3) is 0 Å². The molecule has 0 saturated heterocycles. The maximum atomic E-state index is 13.5. The number of hydrogen-bond donors (Lipinski definition) is 1. The van der Waals surface area contributed by atoms with Crippen LogP contribution in [0.2, 0.25) is 0 Å². The van der Waals surface area contributed by atoms with Crippen molar-refractivity contribution in [2.45, 2.75) is 72.0 Å². The predicted molar refractivity (Wildman–Crippen MR) is 148 cm³/mol. The summed E-state index contributed by atoms with van der Waals surface area (Å²) in [6.45, 7) is 10.0. The van der Waals surface area contributed by atoms with Gasteiger partial charge in [-0.3, -0.25) is 13.9 Å². The van der Waals surface area contributed by atoms with Crippen LogP contribution in [0.5, 0.6) is 5.75 Å². The van der Waals surface area contributed by atoms with Crippen molar-refractivity contribution in [2.24, 2.45) is 0 Å². The van der Waals surface area contributed by atoms with Crippen molar-refractivity contribution < 1.29 is 22.7 Å². The Labute approximate surface area is 222 Å². The molecule has 37 heavy (non-hydrogen) atoms. The fraction of sp³-hybridized carbons (Fsp3) is 0.500. The zero-order chi connectivity index (χ0) is 27.8. The van der Waals surface area contributed by atoms with E-state index in [1.54, 1.807) is 36.3 Å². The number of sulfonamides is 1. The van der Waals surface area contributed by atoms with Gasteiger partial charge in [0.2, 0.25) is 21.8 Å². The van der Waals surface area contributed by atoms with E-state index in [0.717, 1.165) is 17.4 Å². The second kappa shape index (κ2) is 12.9. The first-order valence-electron chi connectivity index (χ1n) is 12.5. The van der Waals surface area contributed by atoms with Crippen molar-refractivity contribution in [3.05, 3.63) is 59.7 Å². The maximum absolute atomic E-state index is 13.5. The van der Waals surface area contributed by atoms with E-state index < -0.39 is 21.6 Å². The summed E-state index contributed by atoms with van der Waals surface area (Å²) in [5.41, 5.74) is 2.08. The van der Waals surface area contributed by atoms with E-state index in [2.05, 4.69) is 5.32 Å². The summed E-state index contributed by atoms with van der Waals surface area (Å²) in [5, 5.41) is 3.00. The lowest BCUT2D eigenvalue weighted by atomic mass is 10.0. The van der Waals surface area contributed by atoms with Crippen LogP contribution < -0.4 is 14.4 Å². The lowest BCUT2D eigenvalue weighted by Gasteiger charge is -2.33. The number of methoxy groups -OCH3 is 1. The van der Waals surface area contributed by atoms with Crippen molar-refractivity contribution in [2.75, 3.05) is 24.2 Å². The Morgan fingerprint density at radius 2 is 1.73 bits per heavy atom. The SMILES string of the molecule is CC[C@H](C(=O)NC(C)(C)C)N(Cc1cccc(C)c1)C(=O)CCCN(c1ccc(OC)cc1)S(C)(=O)=O. The standard InChI is InChI=1S/C28H41N3O5S/c1-8-25(27(33)29-28(3,4)5)30(20-22-12-9-11-21(2)19-22)26(32)13-10-18-31(37(7,34)35)23-14-16-24(36-6)17-15-23/h9,11-12,14-17,19,25H,8,10,13,18,20H2,1-7H3,(H,29,33)/t25-/m1/s1. The summed E-state index contributed by atoms with van der Waals surface area (Å²) in [6.07, 6.45) is 2.01. The number of hydrogen-bond acceptors (Lipinski definition) is 5. The quantitative estimate of drug-likeness (QED) is 0.441. The van der Waals surface area contributed by atoms with Crippen molar-refractivity contribution >= 4 is 27.5 Å². The van der Waals surface area contributed by atoms with Gasteiger partial charge in [-0.1, -0.05) is 36.8 Å². The molecular weight excluding hydrogens is 490 g/mol. The van der Waals surface area contributed by atoms with Gasteiger partial charge < -0.3 is 15.0 Å². The average molecular weight is 532 g/mol. The Bertz CT molecular complexity index is 1160. The number of amides is 2. The van der Waals surface area contributed by atoms with Crippen LogP contribution in [-0.2, 0) is 26.2 Å². The van der Waals surface area contributed by atoms with E-state index in [0.29, 0.717) is 30.8 Å². The third kappa shape index (κ3) is 9.39. The molecule has 204 valence electrons. The average Bonchev–Trinajstić information content (AvgIpc) is 2.80. The highest BCUT2D eigenvalue weighted by Gasteiger charge is 2.30. The molecule has 0 bridgehead atoms. The zero-order valence-electron chi connectivity index (χ0n) is 23.1. The van der Waals surface area contributed by atoms with Gasteiger partial charge in [-0.25, -0.2) is 8.42 Å². The molecule has 0 spiro atoms. The summed E-state index contributed by atoms with van der Waals surface area (Å²) < 4.78 is 31.4. The zero-order valence-corrected chi connectivity index (χ0v) is 23.9. The molecule has 2 amide bonds. The fourth-order valence-corrected chi connectivity index (χ4v) is 5.10. The summed E-state index contributed by atoms with van der Waals surface area (Å²) in [7, 11) is -2.02. The van der Waals surface area contributed by atoms with Crippen LogP contribution in [0.15, 0.2) is 48.5 Å².